The van der Waals surface area contributed by atoms with Gasteiger partial charge in [0.05, 0.1) is 0 Å². The van der Waals surface area contributed by atoms with E-state index < -0.39 is 0 Å². The first kappa shape index (κ1) is 14.0. The number of nitrogens with one attached hydrogen (secondary N) is 2. The minimum absolute atomic E-state index is 0.0508. The Bertz CT molecular complexity index is 542. The van der Waals surface area contributed by atoms with Crippen molar-refractivity contribution in [2.24, 2.45) is 0 Å². The maximum absolute atomic E-state index is 11.7. The van der Waals surface area contributed by atoms with E-state index in [1.165, 1.54) is 11.3 Å². The van der Waals surface area contributed by atoms with Crippen molar-refractivity contribution < 1.29 is 4.79 Å². The summed E-state index contributed by atoms with van der Waals surface area (Å²) in [5.74, 6) is 0. The van der Waals surface area contributed by atoms with E-state index in [2.05, 4.69) is 41.6 Å². The molecule has 0 radical (unpaired) electrons. The smallest absolute Gasteiger partial charge is 0.321 e. The molecule has 2 aromatic heterocycles. The van der Waals surface area contributed by atoms with Gasteiger partial charge in [0.15, 0.2) is 0 Å². The van der Waals surface area contributed by atoms with Crippen molar-refractivity contribution in [2.75, 3.05) is 5.32 Å². The van der Waals surface area contributed by atoms with Crippen LogP contribution in [0.25, 0.3) is 0 Å². The van der Waals surface area contributed by atoms with Crippen molar-refractivity contribution in [3.05, 3.63) is 27.4 Å². The number of carbonyl (C=O) groups is 1. The molecule has 7 heteroatoms. The molecule has 19 heavy (non-hydrogen) atoms. The number of anilines is 1. The fraction of sp³-hybridized carbons (Fsp3) is 0.417. The molecule has 2 aromatic rings. The van der Waals surface area contributed by atoms with Gasteiger partial charge < -0.3 is 5.32 Å². The molecule has 0 bridgehead atoms. The van der Waals surface area contributed by atoms with Crippen LogP contribution in [0.2, 0.25) is 0 Å². The predicted octanol–water partition coefficient (Wildman–Crippen LogP) is 3.22. The summed E-state index contributed by atoms with van der Waals surface area (Å²) in [7, 11) is 0. The van der Waals surface area contributed by atoms with Crippen LogP contribution in [0.5, 0.6) is 0 Å². The summed E-state index contributed by atoms with van der Waals surface area (Å²) >= 11 is 3.01. The molecule has 0 saturated heterocycles. The molecule has 0 aliphatic heterocycles. The lowest BCUT2D eigenvalue weighted by molar-refractivity contribution is 0.251. The summed E-state index contributed by atoms with van der Waals surface area (Å²) in [5.41, 5.74) is 1.04. The number of thiophene rings is 1. The van der Waals surface area contributed by atoms with Gasteiger partial charge in [-0.25, -0.2) is 4.79 Å². The average Bonchev–Trinajstić information content (AvgIpc) is 2.95. The van der Waals surface area contributed by atoms with Crippen LogP contribution < -0.4 is 10.6 Å². The molecule has 0 atom stereocenters. The van der Waals surface area contributed by atoms with Crippen LogP contribution >= 0.6 is 22.7 Å². The number of nitrogens with zero attached hydrogens (tertiary/aromatic N) is 2. The monoisotopic (exact) mass is 296 g/mol. The van der Waals surface area contributed by atoms with Crippen molar-refractivity contribution in [1.82, 2.24) is 15.5 Å². The number of aromatic nitrogens is 2. The van der Waals surface area contributed by atoms with Gasteiger partial charge in [-0.05, 0) is 22.4 Å². The Morgan fingerprint density at radius 1 is 1.37 bits per heavy atom. The molecule has 2 rings (SSSR count). The molecular formula is C12H16N4OS2. The quantitative estimate of drug-likeness (QED) is 0.914. The number of urea groups is 1. The van der Waals surface area contributed by atoms with Gasteiger partial charge in [-0.15, -0.1) is 10.2 Å². The van der Waals surface area contributed by atoms with Gasteiger partial charge in [0.2, 0.25) is 5.13 Å². The van der Waals surface area contributed by atoms with Crippen LogP contribution in [0.1, 0.15) is 31.3 Å². The van der Waals surface area contributed by atoms with E-state index in [0.29, 0.717) is 11.7 Å². The van der Waals surface area contributed by atoms with Crippen molar-refractivity contribution in [3.63, 3.8) is 0 Å². The van der Waals surface area contributed by atoms with Crippen molar-refractivity contribution >= 4 is 33.8 Å². The number of hydrogen-bond donors (Lipinski definition) is 2. The van der Waals surface area contributed by atoms with Crippen LogP contribution in [-0.2, 0) is 12.0 Å². The minimum atomic E-state index is -0.261. The van der Waals surface area contributed by atoms with Crippen LogP contribution in [0.15, 0.2) is 16.8 Å². The molecule has 0 aliphatic carbocycles. The third kappa shape index (κ3) is 4.00. The molecule has 0 unspecified atom stereocenters. The molecule has 5 nitrogen and oxygen atoms in total. The Morgan fingerprint density at radius 3 is 2.74 bits per heavy atom. The molecular weight excluding hydrogens is 280 g/mol. The third-order valence-corrected chi connectivity index (χ3v) is 4.32. The molecule has 2 heterocycles. The Hall–Kier alpha value is -1.47. The van der Waals surface area contributed by atoms with Crippen LogP contribution in [0.4, 0.5) is 9.93 Å². The Labute approximate surface area is 120 Å². The van der Waals surface area contributed by atoms with E-state index in [0.717, 1.165) is 10.6 Å². The molecule has 102 valence electrons. The van der Waals surface area contributed by atoms with Gasteiger partial charge in [-0.2, -0.15) is 11.3 Å². The van der Waals surface area contributed by atoms with Crippen molar-refractivity contribution in [2.45, 2.75) is 32.7 Å². The van der Waals surface area contributed by atoms with Crippen LogP contribution in [-0.4, -0.2) is 16.2 Å². The van der Waals surface area contributed by atoms with Gasteiger partial charge >= 0.3 is 6.03 Å². The molecule has 0 spiro atoms. The van der Waals surface area contributed by atoms with Crippen LogP contribution in [0.3, 0.4) is 0 Å². The number of amides is 2. The molecule has 0 fully saturated rings. The number of rotatable bonds is 3. The van der Waals surface area contributed by atoms with E-state index >= 15 is 0 Å². The molecule has 0 aliphatic rings. The van der Waals surface area contributed by atoms with E-state index in [1.54, 1.807) is 11.3 Å². The first-order valence-corrected chi connectivity index (χ1v) is 7.61. The van der Waals surface area contributed by atoms with Crippen molar-refractivity contribution in [1.29, 1.82) is 0 Å². The molecule has 2 amide bonds. The lowest BCUT2D eigenvalue weighted by Gasteiger charge is -2.12. The van der Waals surface area contributed by atoms with Gasteiger partial charge in [0, 0.05) is 12.0 Å². The predicted molar refractivity (Wildman–Crippen MR) is 78.8 cm³/mol. The zero-order chi connectivity index (χ0) is 13.9. The fourth-order valence-corrected chi connectivity index (χ4v) is 2.76. The van der Waals surface area contributed by atoms with E-state index in [9.17, 15) is 4.79 Å². The lowest BCUT2D eigenvalue weighted by atomic mass is 9.98. The van der Waals surface area contributed by atoms with Gasteiger partial charge in [-0.3, -0.25) is 5.32 Å². The Kier molecular flexibility index (Phi) is 4.16. The van der Waals surface area contributed by atoms with Crippen LogP contribution in [0, 0.1) is 0 Å². The zero-order valence-corrected chi connectivity index (χ0v) is 12.7. The second-order valence-electron chi connectivity index (χ2n) is 5.10. The zero-order valence-electron chi connectivity index (χ0n) is 11.1. The highest BCUT2D eigenvalue weighted by Gasteiger charge is 2.19. The molecule has 0 saturated carbocycles. The minimum Gasteiger partial charge on any atom is -0.334 e. The largest absolute Gasteiger partial charge is 0.334 e. The first-order chi connectivity index (χ1) is 8.95. The summed E-state index contributed by atoms with van der Waals surface area (Å²) in [6, 6.07) is 1.72. The highest BCUT2D eigenvalue weighted by atomic mass is 32.1. The van der Waals surface area contributed by atoms with Gasteiger partial charge in [-0.1, -0.05) is 32.1 Å². The summed E-state index contributed by atoms with van der Waals surface area (Å²) in [6.07, 6.45) is 0. The topological polar surface area (TPSA) is 66.9 Å². The van der Waals surface area contributed by atoms with E-state index in [-0.39, 0.29) is 11.4 Å². The van der Waals surface area contributed by atoms with Crippen molar-refractivity contribution in [3.8, 4) is 0 Å². The third-order valence-electron chi connectivity index (χ3n) is 2.32. The van der Waals surface area contributed by atoms with Gasteiger partial charge in [0.25, 0.3) is 0 Å². The normalized spacial score (nSPS) is 11.3. The Morgan fingerprint density at radius 2 is 2.16 bits per heavy atom. The fourth-order valence-electron chi connectivity index (χ4n) is 1.29. The van der Waals surface area contributed by atoms with E-state index in [4.69, 9.17) is 0 Å². The maximum Gasteiger partial charge on any atom is 0.321 e. The second kappa shape index (κ2) is 5.66. The summed E-state index contributed by atoms with van der Waals surface area (Å²) < 4.78 is 0. The summed E-state index contributed by atoms with van der Waals surface area (Å²) in [6.45, 7) is 6.70. The lowest BCUT2D eigenvalue weighted by Crippen LogP contribution is -2.27. The highest BCUT2D eigenvalue weighted by molar-refractivity contribution is 7.15. The Balaban J connectivity index is 1.87. The SMILES string of the molecule is CC(C)(C)c1nnc(NC(=O)NCc2ccsc2)s1. The number of hydrogen-bond acceptors (Lipinski definition) is 5. The maximum atomic E-state index is 11.7. The highest BCUT2D eigenvalue weighted by Crippen LogP contribution is 2.27. The first-order valence-electron chi connectivity index (χ1n) is 5.85. The second-order valence-corrected chi connectivity index (χ2v) is 6.86. The molecule has 0 aromatic carbocycles. The van der Waals surface area contributed by atoms with Gasteiger partial charge in [0.1, 0.15) is 5.01 Å². The average molecular weight is 296 g/mol. The van der Waals surface area contributed by atoms with E-state index in [1.807, 2.05) is 16.8 Å². The summed E-state index contributed by atoms with van der Waals surface area (Å²) in [5, 5.41) is 18.9. The number of carbonyl (C=O) groups excluding carboxylic acids is 1. The standard InChI is InChI=1S/C12H16N4OS2/c1-12(2,3)9-15-16-11(19-9)14-10(17)13-6-8-4-5-18-7-8/h4-5,7H,6H2,1-3H3,(H2,13,14,16,17). The summed E-state index contributed by atoms with van der Waals surface area (Å²) in [4.78, 5) is 11.7. The molecule has 2 N–H and O–H groups in total.